The van der Waals surface area contributed by atoms with E-state index in [0.29, 0.717) is 23.7 Å². The normalized spacial score (nSPS) is 37.8. The summed E-state index contributed by atoms with van der Waals surface area (Å²) in [6.07, 6.45) is 7.89. The number of hydrogen-bond acceptors (Lipinski definition) is 4. The first-order valence-electron chi connectivity index (χ1n) is 10.2. The Morgan fingerprint density at radius 3 is 2.56 bits per heavy atom. The summed E-state index contributed by atoms with van der Waals surface area (Å²) in [7, 11) is 1.41. The van der Waals surface area contributed by atoms with Crippen LogP contribution >= 0.6 is 0 Å². The van der Waals surface area contributed by atoms with Crippen molar-refractivity contribution in [1.29, 1.82) is 0 Å². The minimum atomic E-state index is -0.564. The molecule has 0 saturated heterocycles. The Kier molecular flexibility index (Phi) is 7.33. The second-order valence-corrected chi connectivity index (χ2v) is 8.95. The molecule has 25 heavy (non-hydrogen) atoms. The van der Waals surface area contributed by atoms with E-state index in [1.807, 2.05) is 0 Å². The molecule has 146 valence electrons. The predicted octanol–water partition coefficient (Wildman–Crippen LogP) is 3.79. The van der Waals surface area contributed by atoms with E-state index in [1.54, 1.807) is 0 Å². The number of methoxy groups -OCH3 is 1. The van der Waals surface area contributed by atoms with Crippen LogP contribution in [0.2, 0.25) is 0 Å². The molecule has 2 fully saturated rings. The van der Waals surface area contributed by atoms with Crippen molar-refractivity contribution in [3.8, 4) is 0 Å². The fourth-order valence-electron chi connectivity index (χ4n) is 5.76. The molecule has 0 aromatic carbocycles. The molecule has 0 amide bonds. The predicted molar refractivity (Wildman–Crippen MR) is 98.9 cm³/mol. The molecule has 2 N–H and O–H groups in total. The first kappa shape index (κ1) is 20.7. The van der Waals surface area contributed by atoms with Crippen molar-refractivity contribution in [2.45, 2.75) is 78.2 Å². The van der Waals surface area contributed by atoms with Crippen molar-refractivity contribution in [2.24, 2.45) is 35.0 Å². The van der Waals surface area contributed by atoms with Crippen molar-refractivity contribution in [1.82, 2.24) is 0 Å². The second-order valence-electron chi connectivity index (χ2n) is 8.95. The second kappa shape index (κ2) is 8.85. The third-order valence-electron chi connectivity index (χ3n) is 7.46. The fourth-order valence-corrected chi connectivity index (χ4v) is 5.76. The molecular formula is C21H38O4. The Morgan fingerprint density at radius 2 is 1.96 bits per heavy atom. The van der Waals surface area contributed by atoms with E-state index in [1.165, 1.54) is 26.4 Å². The summed E-state index contributed by atoms with van der Waals surface area (Å²) in [5.74, 6) is 1.68. The molecule has 0 aromatic heterocycles. The lowest BCUT2D eigenvalue weighted by molar-refractivity contribution is -0.155. The molecule has 2 aliphatic carbocycles. The number of ether oxygens (including phenoxy) is 1. The highest BCUT2D eigenvalue weighted by Crippen LogP contribution is 2.59. The molecule has 0 aromatic rings. The van der Waals surface area contributed by atoms with Gasteiger partial charge in [0, 0.05) is 6.61 Å². The first-order chi connectivity index (χ1) is 11.9. The summed E-state index contributed by atoms with van der Waals surface area (Å²) in [4.78, 5) is 11.9. The maximum atomic E-state index is 11.9. The van der Waals surface area contributed by atoms with Crippen LogP contribution in [0.5, 0.6) is 0 Å². The van der Waals surface area contributed by atoms with Crippen LogP contribution in [0.4, 0.5) is 0 Å². The average molecular weight is 355 g/mol. The standard InChI is InChI=1S/C21H38O4/c1-14(13-22)6-5-7-15(2)18-9-8-16(3)21(18)11-10-17(19(23)12-21)20(24)25-4/h14-19,22-23H,5-13H2,1-4H3. The van der Waals surface area contributed by atoms with Gasteiger partial charge in [0.05, 0.1) is 19.1 Å². The van der Waals surface area contributed by atoms with E-state index in [-0.39, 0.29) is 23.9 Å². The van der Waals surface area contributed by atoms with Crippen molar-refractivity contribution in [3.05, 3.63) is 0 Å². The van der Waals surface area contributed by atoms with Crippen molar-refractivity contribution in [2.75, 3.05) is 13.7 Å². The van der Waals surface area contributed by atoms with Crippen LogP contribution in [0.15, 0.2) is 0 Å². The van der Waals surface area contributed by atoms with Gasteiger partial charge in [-0.25, -0.2) is 0 Å². The number of aliphatic hydroxyl groups excluding tert-OH is 2. The van der Waals surface area contributed by atoms with Gasteiger partial charge in [0.2, 0.25) is 0 Å². The summed E-state index contributed by atoms with van der Waals surface area (Å²) in [6, 6.07) is 0. The van der Waals surface area contributed by atoms with Gasteiger partial charge in [-0.05, 0) is 67.6 Å². The van der Waals surface area contributed by atoms with Crippen LogP contribution in [0.3, 0.4) is 0 Å². The van der Waals surface area contributed by atoms with Crippen LogP contribution in [0.1, 0.15) is 72.1 Å². The number of esters is 1. The van der Waals surface area contributed by atoms with Gasteiger partial charge in [0.15, 0.2) is 0 Å². The Labute approximate surface area is 153 Å². The summed E-state index contributed by atoms with van der Waals surface area (Å²) in [5.41, 5.74) is 0.186. The van der Waals surface area contributed by atoms with Gasteiger partial charge >= 0.3 is 5.97 Å². The van der Waals surface area contributed by atoms with Gasteiger partial charge in [-0.1, -0.05) is 33.6 Å². The quantitative estimate of drug-likeness (QED) is 0.683. The van der Waals surface area contributed by atoms with E-state index >= 15 is 0 Å². The number of carbonyl (C=O) groups excluding carboxylic acids is 1. The molecular weight excluding hydrogens is 316 g/mol. The lowest BCUT2D eigenvalue weighted by atomic mass is 9.58. The molecule has 0 bridgehead atoms. The van der Waals surface area contributed by atoms with Crippen LogP contribution in [0, 0.1) is 35.0 Å². The summed E-state index contributed by atoms with van der Waals surface area (Å²) in [5, 5.41) is 19.9. The Balaban J connectivity index is 2.01. The topological polar surface area (TPSA) is 66.8 Å². The van der Waals surface area contributed by atoms with Gasteiger partial charge < -0.3 is 14.9 Å². The van der Waals surface area contributed by atoms with Gasteiger partial charge in [0.25, 0.3) is 0 Å². The molecule has 7 atom stereocenters. The molecule has 2 rings (SSSR count). The highest BCUT2D eigenvalue weighted by molar-refractivity contribution is 5.73. The maximum Gasteiger partial charge on any atom is 0.311 e. The number of carbonyl (C=O) groups is 1. The minimum absolute atomic E-state index is 0.186. The van der Waals surface area contributed by atoms with Gasteiger partial charge in [0.1, 0.15) is 0 Å². The average Bonchev–Trinajstić information content (AvgIpc) is 2.90. The highest BCUT2D eigenvalue weighted by atomic mass is 16.5. The zero-order valence-corrected chi connectivity index (χ0v) is 16.5. The number of hydrogen-bond donors (Lipinski definition) is 2. The van der Waals surface area contributed by atoms with Crippen molar-refractivity contribution >= 4 is 5.97 Å². The SMILES string of the molecule is COC(=O)C1CCC2(CC1O)C(C)CCC2C(C)CCCC(C)CO. The van der Waals surface area contributed by atoms with Gasteiger partial charge in [-0.3, -0.25) is 4.79 Å². The number of rotatable bonds is 7. The molecule has 1 spiro atoms. The molecule has 0 aliphatic heterocycles. The fraction of sp³-hybridized carbons (Fsp3) is 0.952. The summed E-state index contributed by atoms with van der Waals surface area (Å²) in [6.45, 7) is 7.09. The van der Waals surface area contributed by atoms with Crippen LogP contribution in [-0.4, -0.2) is 36.0 Å². The zero-order valence-electron chi connectivity index (χ0n) is 16.5. The van der Waals surface area contributed by atoms with Crippen molar-refractivity contribution < 1.29 is 19.7 Å². The van der Waals surface area contributed by atoms with Crippen LogP contribution in [0.25, 0.3) is 0 Å². The van der Waals surface area contributed by atoms with Crippen molar-refractivity contribution in [3.63, 3.8) is 0 Å². The molecule has 4 heteroatoms. The lowest BCUT2D eigenvalue weighted by Crippen LogP contribution is -2.46. The summed E-state index contributed by atoms with van der Waals surface area (Å²) < 4.78 is 4.88. The molecule has 0 heterocycles. The van der Waals surface area contributed by atoms with E-state index in [0.717, 1.165) is 32.1 Å². The van der Waals surface area contributed by atoms with E-state index < -0.39 is 6.10 Å². The molecule has 7 unspecified atom stereocenters. The van der Waals surface area contributed by atoms with E-state index in [4.69, 9.17) is 4.74 Å². The van der Waals surface area contributed by atoms with Crippen LogP contribution < -0.4 is 0 Å². The Bertz CT molecular complexity index is 438. The largest absolute Gasteiger partial charge is 0.469 e. The monoisotopic (exact) mass is 354 g/mol. The smallest absolute Gasteiger partial charge is 0.311 e. The molecule has 2 aliphatic rings. The number of aliphatic hydroxyl groups is 2. The Morgan fingerprint density at radius 1 is 1.24 bits per heavy atom. The van der Waals surface area contributed by atoms with E-state index in [2.05, 4.69) is 20.8 Å². The zero-order chi connectivity index (χ0) is 18.6. The highest BCUT2D eigenvalue weighted by Gasteiger charge is 2.54. The Hall–Kier alpha value is -0.610. The van der Waals surface area contributed by atoms with E-state index in [9.17, 15) is 15.0 Å². The van der Waals surface area contributed by atoms with Gasteiger partial charge in [-0.15, -0.1) is 0 Å². The molecule has 2 saturated carbocycles. The third kappa shape index (κ3) is 4.39. The third-order valence-corrected chi connectivity index (χ3v) is 7.46. The summed E-state index contributed by atoms with van der Waals surface area (Å²) >= 11 is 0. The molecule has 4 nitrogen and oxygen atoms in total. The van der Waals surface area contributed by atoms with Gasteiger partial charge in [-0.2, -0.15) is 0 Å². The lowest BCUT2D eigenvalue weighted by Gasteiger charge is -2.48. The first-order valence-corrected chi connectivity index (χ1v) is 10.2. The van der Waals surface area contributed by atoms with Crippen LogP contribution in [-0.2, 0) is 9.53 Å². The maximum absolute atomic E-state index is 11.9. The minimum Gasteiger partial charge on any atom is -0.469 e. The molecule has 0 radical (unpaired) electrons.